The largest absolute Gasteiger partial charge is 0.399 e. The van der Waals surface area contributed by atoms with Crippen LogP contribution in [0.1, 0.15) is 30.9 Å². The van der Waals surface area contributed by atoms with Gasteiger partial charge in [-0.15, -0.1) is 0 Å². The summed E-state index contributed by atoms with van der Waals surface area (Å²) in [5.74, 6) is 2.53. The summed E-state index contributed by atoms with van der Waals surface area (Å²) < 4.78 is 0. The van der Waals surface area contributed by atoms with Crippen molar-refractivity contribution in [2.75, 3.05) is 49.2 Å². The van der Waals surface area contributed by atoms with Crippen molar-refractivity contribution in [3.63, 3.8) is 0 Å². The van der Waals surface area contributed by atoms with E-state index in [1.807, 2.05) is 24.3 Å². The molecule has 0 spiro atoms. The molecule has 1 saturated heterocycles. The Kier molecular flexibility index (Phi) is 5.65. The highest BCUT2D eigenvalue weighted by molar-refractivity contribution is 7.99. The maximum atomic E-state index is 5.82. The maximum Gasteiger partial charge on any atom is 0.234 e. The lowest BCUT2D eigenvalue weighted by Gasteiger charge is -2.32. The standard InChI is InChI=1S/C21H27N9S/c1-29-9-11-30(12-10-29)20-24-19(23-18-13-17(27-28-18)14-3-2-4-14)25-21(26-20)31-16-7-5-15(22)6-8-16/h5-8,13-14H,2-4,9-12,22H2,1H3,(H2,23,24,25,26,27,28). The molecule has 162 valence electrons. The van der Waals surface area contributed by atoms with Gasteiger partial charge >= 0.3 is 0 Å². The van der Waals surface area contributed by atoms with Crippen molar-refractivity contribution in [1.82, 2.24) is 30.0 Å². The molecule has 2 aliphatic rings. The minimum absolute atomic E-state index is 0.508. The van der Waals surface area contributed by atoms with Gasteiger partial charge in [0.1, 0.15) is 0 Å². The van der Waals surface area contributed by atoms with Crippen molar-refractivity contribution in [3.05, 3.63) is 36.0 Å². The molecule has 1 saturated carbocycles. The molecular weight excluding hydrogens is 410 g/mol. The first-order valence-electron chi connectivity index (χ1n) is 10.7. The van der Waals surface area contributed by atoms with Crippen LogP contribution in [0.5, 0.6) is 0 Å². The van der Waals surface area contributed by atoms with Crippen molar-refractivity contribution < 1.29 is 0 Å². The van der Waals surface area contributed by atoms with E-state index in [1.165, 1.54) is 36.7 Å². The van der Waals surface area contributed by atoms with E-state index in [-0.39, 0.29) is 0 Å². The second-order valence-corrected chi connectivity index (χ2v) is 9.21. The van der Waals surface area contributed by atoms with Crippen LogP contribution < -0.4 is 16.0 Å². The van der Waals surface area contributed by atoms with Gasteiger partial charge in [0.05, 0.1) is 0 Å². The molecule has 0 atom stereocenters. The van der Waals surface area contributed by atoms with Gasteiger partial charge in [0.25, 0.3) is 0 Å². The van der Waals surface area contributed by atoms with Crippen LogP contribution in [-0.2, 0) is 0 Å². The number of H-pyrrole nitrogens is 1. The van der Waals surface area contributed by atoms with Gasteiger partial charge in [-0.1, -0.05) is 6.42 Å². The molecule has 3 aromatic rings. The normalized spacial score (nSPS) is 17.5. The van der Waals surface area contributed by atoms with Crippen LogP contribution in [-0.4, -0.2) is 63.3 Å². The summed E-state index contributed by atoms with van der Waals surface area (Å²) in [4.78, 5) is 19.7. The molecule has 0 amide bonds. The highest BCUT2D eigenvalue weighted by Gasteiger charge is 2.22. The third-order valence-corrected chi connectivity index (χ3v) is 6.73. The van der Waals surface area contributed by atoms with Crippen LogP contribution >= 0.6 is 11.8 Å². The molecule has 0 unspecified atom stereocenters. The number of piperazine rings is 1. The topological polar surface area (TPSA) is 112 Å². The number of rotatable bonds is 6. The lowest BCUT2D eigenvalue weighted by Crippen LogP contribution is -2.45. The van der Waals surface area contributed by atoms with E-state index >= 15 is 0 Å². The number of nitrogen functional groups attached to an aromatic ring is 1. The first-order chi connectivity index (χ1) is 15.1. The van der Waals surface area contributed by atoms with Crippen molar-refractivity contribution >= 4 is 35.2 Å². The Bertz CT molecular complexity index is 1020. The number of nitrogens with zero attached hydrogens (tertiary/aromatic N) is 6. The lowest BCUT2D eigenvalue weighted by atomic mass is 9.83. The third kappa shape index (κ3) is 4.75. The van der Waals surface area contributed by atoms with Gasteiger partial charge in [-0.3, -0.25) is 5.10 Å². The fourth-order valence-corrected chi connectivity index (χ4v) is 4.42. The number of hydrogen-bond donors (Lipinski definition) is 3. The SMILES string of the molecule is CN1CCN(c2nc(Nc3cc(C4CCC4)[nH]n3)nc(Sc3ccc(N)cc3)n2)CC1. The van der Waals surface area contributed by atoms with E-state index in [2.05, 4.69) is 43.4 Å². The fraction of sp³-hybridized carbons (Fsp3) is 0.429. The van der Waals surface area contributed by atoms with Crippen LogP contribution in [0.3, 0.4) is 0 Å². The highest BCUT2D eigenvalue weighted by atomic mass is 32.2. The Morgan fingerprint density at radius 1 is 1.06 bits per heavy atom. The second-order valence-electron chi connectivity index (χ2n) is 8.16. The van der Waals surface area contributed by atoms with Crippen molar-refractivity contribution in [1.29, 1.82) is 0 Å². The third-order valence-electron chi connectivity index (χ3n) is 5.86. The van der Waals surface area contributed by atoms with Gasteiger partial charge in [0.2, 0.25) is 11.9 Å². The molecule has 0 radical (unpaired) electrons. The molecule has 31 heavy (non-hydrogen) atoms. The van der Waals surface area contributed by atoms with Gasteiger partial charge in [-0.25, -0.2) is 0 Å². The number of aromatic amines is 1. The zero-order valence-electron chi connectivity index (χ0n) is 17.6. The average molecular weight is 438 g/mol. The smallest absolute Gasteiger partial charge is 0.234 e. The molecule has 1 aliphatic heterocycles. The summed E-state index contributed by atoms with van der Waals surface area (Å²) in [6.45, 7) is 3.75. The molecular formula is C21H27N9S. The van der Waals surface area contributed by atoms with Gasteiger partial charge in [-0.05, 0) is 55.9 Å². The summed E-state index contributed by atoms with van der Waals surface area (Å²) in [5.41, 5.74) is 7.74. The van der Waals surface area contributed by atoms with Gasteiger partial charge in [0, 0.05) is 54.4 Å². The fourth-order valence-electron chi connectivity index (χ4n) is 3.68. The minimum Gasteiger partial charge on any atom is -0.399 e. The number of benzene rings is 1. The summed E-state index contributed by atoms with van der Waals surface area (Å²) in [6.07, 6.45) is 3.74. The van der Waals surface area contributed by atoms with Gasteiger partial charge < -0.3 is 20.9 Å². The number of likely N-dealkylation sites (N-methyl/N-ethyl adjacent to an activating group) is 1. The van der Waals surface area contributed by atoms with E-state index in [0.717, 1.165) is 42.6 Å². The average Bonchev–Trinajstić information content (AvgIpc) is 3.16. The maximum absolute atomic E-state index is 5.82. The Balaban J connectivity index is 1.40. The summed E-state index contributed by atoms with van der Waals surface area (Å²) in [5, 5.41) is 11.5. The van der Waals surface area contributed by atoms with Crippen LogP contribution in [0.25, 0.3) is 0 Å². The van der Waals surface area contributed by atoms with E-state index in [9.17, 15) is 0 Å². The second kappa shape index (κ2) is 8.72. The number of nitrogens with one attached hydrogen (secondary N) is 2. The van der Waals surface area contributed by atoms with E-state index in [1.54, 1.807) is 0 Å². The van der Waals surface area contributed by atoms with E-state index in [0.29, 0.717) is 23.0 Å². The predicted octanol–water partition coefficient (Wildman–Crippen LogP) is 3.09. The molecule has 0 bridgehead atoms. The van der Waals surface area contributed by atoms with E-state index in [4.69, 9.17) is 15.7 Å². The minimum atomic E-state index is 0.508. The molecule has 2 aromatic heterocycles. The van der Waals surface area contributed by atoms with Crippen molar-refractivity contribution in [2.45, 2.75) is 35.2 Å². The van der Waals surface area contributed by atoms with Crippen LogP contribution in [0.2, 0.25) is 0 Å². The molecule has 4 N–H and O–H groups in total. The number of hydrogen-bond acceptors (Lipinski definition) is 9. The predicted molar refractivity (Wildman–Crippen MR) is 123 cm³/mol. The Morgan fingerprint density at radius 2 is 1.84 bits per heavy atom. The Morgan fingerprint density at radius 3 is 2.55 bits per heavy atom. The molecule has 5 rings (SSSR count). The summed E-state index contributed by atoms with van der Waals surface area (Å²) in [6, 6.07) is 9.79. The van der Waals surface area contributed by atoms with Crippen molar-refractivity contribution in [2.24, 2.45) is 0 Å². The summed E-state index contributed by atoms with van der Waals surface area (Å²) >= 11 is 1.50. The highest BCUT2D eigenvalue weighted by Crippen LogP contribution is 2.36. The first-order valence-corrected chi connectivity index (χ1v) is 11.5. The number of aromatic nitrogens is 5. The zero-order valence-corrected chi connectivity index (χ0v) is 18.4. The number of anilines is 4. The van der Waals surface area contributed by atoms with Crippen LogP contribution in [0, 0.1) is 0 Å². The van der Waals surface area contributed by atoms with Crippen LogP contribution in [0.15, 0.2) is 40.4 Å². The van der Waals surface area contributed by atoms with Gasteiger partial charge in [0.15, 0.2) is 11.0 Å². The zero-order chi connectivity index (χ0) is 21.2. The van der Waals surface area contributed by atoms with Crippen molar-refractivity contribution in [3.8, 4) is 0 Å². The monoisotopic (exact) mass is 437 g/mol. The molecule has 3 heterocycles. The Hall–Kier alpha value is -2.85. The van der Waals surface area contributed by atoms with Crippen LogP contribution in [0.4, 0.5) is 23.4 Å². The number of nitrogens with two attached hydrogens (primary N) is 1. The van der Waals surface area contributed by atoms with Gasteiger partial charge in [-0.2, -0.15) is 20.1 Å². The van der Waals surface area contributed by atoms with E-state index < -0.39 is 0 Å². The molecule has 1 aromatic carbocycles. The Labute approximate surface area is 185 Å². The summed E-state index contributed by atoms with van der Waals surface area (Å²) in [7, 11) is 2.14. The quantitative estimate of drug-likeness (QED) is 0.501. The lowest BCUT2D eigenvalue weighted by molar-refractivity contribution is 0.311. The molecule has 1 aliphatic carbocycles. The molecule has 10 heteroatoms. The molecule has 9 nitrogen and oxygen atoms in total. The molecule has 2 fully saturated rings. The first kappa shape index (κ1) is 20.1.